The van der Waals surface area contributed by atoms with Crippen LogP contribution < -0.4 is 9.47 Å². The molecule has 3 aromatic rings. The number of hydrogen-bond donors (Lipinski definition) is 0. The molecular weight excluding hydrogens is 457 g/mol. The third-order valence-corrected chi connectivity index (χ3v) is 6.51. The summed E-state index contributed by atoms with van der Waals surface area (Å²) in [4.78, 5) is 28.3. The Morgan fingerprint density at radius 3 is 2.62 bits per heavy atom. The quantitative estimate of drug-likeness (QED) is 0.503. The van der Waals surface area contributed by atoms with Gasteiger partial charge in [0, 0.05) is 19.0 Å². The van der Waals surface area contributed by atoms with Crippen LogP contribution in [0.1, 0.15) is 33.3 Å². The SMILES string of the molecule is COc1ccc(OC)c([C@H]2CC(c3cccs3)=NN2C(=O)CN(C)C(=O)c2ccccc2F)c1. The van der Waals surface area contributed by atoms with Gasteiger partial charge in [0.05, 0.1) is 36.4 Å². The number of rotatable bonds is 7. The Kier molecular flexibility index (Phi) is 6.93. The fourth-order valence-corrected chi connectivity index (χ4v) is 4.58. The molecule has 1 aromatic heterocycles. The first-order chi connectivity index (χ1) is 16.4. The van der Waals surface area contributed by atoms with Crippen molar-refractivity contribution in [2.24, 2.45) is 5.10 Å². The Bertz CT molecular complexity index is 1230. The van der Waals surface area contributed by atoms with Gasteiger partial charge in [0.1, 0.15) is 23.9 Å². The number of amides is 2. The van der Waals surface area contributed by atoms with Gasteiger partial charge in [-0.25, -0.2) is 9.40 Å². The summed E-state index contributed by atoms with van der Waals surface area (Å²) in [6, 6.07) is 14.5. The lowest BCUT2D eigenvalue weighted by molar-refractivity contribution is -0.133. The van der Waals surface area contributed by atoms with E-state index in [0.29, 0.717) is 17.9 Å². The van der Waals surface area contributed by atoms with E-state index in [0.717, 1.165) is 16.2 Å². The summed E-state index contributed by atoms with van der Waals surface area (Å²) in [6.07, 6.45) is 0.473. The normalized spacial score (nSPS) is 15.1. The second kappa shape index (κ2) is 10.0. The van der Waals surface area contributed by atoms with Crippen molar-refractivity contribution in [1.29, 1.82) is 0 Å². The average Bonchev–Trinajstić information content (AvgIpc) is 3.53. The van der Waals surface area contributed by atoms with Crippen molar-refractivity contribution in [2.45, 2.75) is 12.5 Å². The van der Waals surface area contributed by atoms with E-state index in [-0.39, 0.29) is 12.1 Å². The number of likely N-dealkylation sites (N-methyl/N-ethyl adjacent to an activating group) is 1. The number of hydrazone groups is 1. The molecule has 0 saturated heterocycles. The van der Waals surface area contributed by atoms with E-state index in [1.54, 1.807) is 32.4 Å². The molecule has 2 aromatic carbocycles. The maximum atomic E-state index is 14.1. The summed E-state index contributed by atoms with van der Waals surface area (Å²) in [7, 11) is 4.60. The second-order valence-corrected chi connectivity index (χ2v) is 8.68. The summed E-state index contributed by atoms with van der Waals surface area (Å²) in [5.74, 6) is -0.385. The van der Waals surface area contributed by atoms with Crippen molar-refractivity contribution in [2.75, 3.05) is 27.8 Å². The lowest BCUT2D eigenvalue weighted by atomic mass is 9.99. The van der Waals surface area contributed by atoms with Crippen molar-refractivity contribution in [3.63, 3.8) is 0 Å². The smallest absolute Gasteiger partial charge is 0.262 e. The number of carbonyl (C=O) groups is 2. The molecule has 2 heterocycles. The number of nitrogens with zero attached hydrogens (tertiary/aromatic N) is 3. The van der Waals surface area contributed by atoms with Crippen molar-refractivity contribution in [3.05, 3.63) is 81.8 Å². The van der Waals surface area contributed by atoms with Crippen LogP contribution in [0.5, 0.6) is 11.5 Å². The van der Waals surface area contributed by atoms with E-state index in [2.05, 4.69) is 5.10 Å². The van der Waals surface area contributed by atoms with Gasteiger partial charge in [-0.1, -0.05) is 18.2 Å². The van der Waals surface area contributed by atoms with Crippen molar-refractivity contribution >= 4 is 28.9 Å². The molecule has 176 valence electrons. The highest BCUT2D eigenvalue weighted by Crippen LogP contribution is 2.39. The molecule has 2 amide bonds. The van der Waals surface area contributed by atoms with Crippen molar-refractivity contribution in [1.82, 2.24) is 9.91 Å². The largest absolute Gasteiger partial charge is 0.497 e. The number of methoxy groups -OCH3 is 2. The average molecular weight is 482 g/mol. The maximum absolute atomic E-state index is 14.1. The molecule has 0 radical (unpaired) electrons. The van der Waals surface area contributed by atoms with Gasteiger partial charge in [0.15, 0.2) is 0 Å². The van der Waals surface area contributed by atoms with Crippen LogP contribution in [0.25, 0.3) is 0 Å². The summed E-state index contributed by atoms with van der Waals surface area (Å²) >= 11 is 1.54. The van der Waals surface area contributed by atoms with Gasteiger partial charge in [-0.2, -0.15) is 5.10 Å². The molecule has 0 unspecified atom stereocenters. The molecule has 9 heteroatoms. The van der Waals surface area contributed by atoms with Crippen LogP contribution in [0.15, 0.2) is 65.1 Å². The first-order valence-electron chi connectivity index (χ1n) is 10.6. The fraction of sp³-hybridized carbons (Fsp3) is 0.240. The zero-order chi connectivity index (χ0) is 24.2. The molecule has 7 nitrogen and oxygen atoms in total. The standard InChI is InChI=1S/C25H24FN3O4S/c1-28(25(31)17-7-4-5-8-19(17)26)15-24(30)29-21(14-20(27-29)23-9-6-12-34-23)18-13-16(32-2)10-11-22(18)33-3/h4-13,21H,14-15H2,1-3H3/t21-/m1/s1. The molecule has 0 spiro atoms. The van der Waals surface area contributed by atoms with E-state index in [9.17, 15) is 14.0 Å². The zero-order valence-electron chi connectivity index (χ0n) is 19.0. The van der Waals surface area contributed by atoms with E-state index >= 15 is 0 Å². The molecule has 0 saturated carbocycles. The highest BCUT2D eigenvalue weighted by atomic mass is 32.1. The minimum absolute atomic E-state index is 0.0898. The molecule has 0 N–H and O–H groups in total. The van der Waals surface area contributed by atoms with Gasteiger partial charge in [-0.3, -0.25) is 9.59 Å². The Hall–Kier alpha value is -3.72. The molecule has 4 rings (SSSR count). The fourth-order valence-electron chi connectivity index (χ4n) is 3.86. The van der Waals surface area contributed by atoms with E-state index in [1.165, 1.54) is 46.5 Å². The van der Waals surface area contributed by atoms with Gasteiger partial charge in [0.25, 0.3) is 11.8 Å². The topological polar surface area (TPSA) is 71.4 Å². The molecule has 0 aliphatic carbocycles. The minimum atomic E-state index is -0.634. The van der Waals surface area contributed by atoms with E-state index < -0.39 is 23.7 Å². The van der Waals surface area contributed by atoms with Crippen molar-refractivity contribution in [3.8, 4) is 11.5 Å². The van der Waals surface area contributed by atoms with Crippen LogP contribution in [0.2, 0.25) is 0 Å². The molecular formula is C25H24FN3O4S. The first kappa shape index (κ1) is 23.4. The van der Waals surface area contributed by atoms with Gasteiger partial charge in [0.2, 0.25) is 0 Å². The van der Waals surface area contributed by atoms with Crippen LogP contribution >= 0.6 is 11.3 Å². The number of hydrogen-bond acceptors (Lipinski definition) is 6. The molecule has 1 atom stereocenters. The van der Waals surface area contributed by atoms with E-state index in [4.69, 9.17) is 9.47 Å². The molecule has 34 heavy (non-hydrogen) atoms. The molecule has 0 bridgehead atoms. The number of benzene rings is 2. The summed E-state index contributed by atoms with van der Waals surface area (Å²) in [5, 5.41) is 7.96. The Morgan fingerprint density at radius 1 is 1.15 bits per heavy atom. The first-order valence-corrected chi connectivity index (χ1v) is 11.5. The Morgan fingerprint density at radius 2 is 1.94 bits per heavy atom. The van der Waals surface area contributed by atoms with E-state index in [1.807, 2.05) is 23.6 Å². The van der Waals surface area contributed by atoms with Gasteiger partial charge in [-0.15, -0.1) is 11.3 Å². The Labute approximate surface area is 201 Å². The summed E-state index contributed by atoms with van der Waals surface area (Å²) in [5.41, 5.74) is 1.42. The summed E-state index contributed by atoms with van der Waals surface area (Å²) < 4.78 is 25.0. The highest BCUT2D eigenvalue weighted by Gasteiger charge is 2.36. The van der Waals surface area contributed by atoms with Crippen LogP contribution in [0.3, 0.4) is 0 Å². The summed E-state index contributed by atoms with van der Waals surface area (Å²) in [6.45, 7) is -0.267. The molecule has 0 fully saturated rings. The number of halogens is 1. The van der Waals surface area contributed by atoms with Gasteiger partial charge < -0.3 is 14.4 Å². The predicted octanol–water partition coefficient (Wildman–Crippen LogP) is 4.35. The third kappa shape index (κ3) is 4.65. The lowest BCUT2D eigenvalue weighted by Gasteiger charge is -2.26. The van der Waals surface area contributed by atoms with Crippen LogP contribution in [0.4, 0.5) is 4.39 Å². The Balaban J connectivity index is 1.64. The van der Waals surface area contributed by atoms with Crippen LogP contribution in [-0.4, -0.2) is 55.2 Å². The molecule has 1 aliphatic heterocycles. The monoisotopic (exact) mass is 481 g/mol. The van der Waals surface area contributed by atoms with Gasteiger partial charge >= 0.3 is 0 Å². The minimum Gasteiger partial charge on any atom is -0.497 e. The number of carbonyl (C=O) groups excluding carboxylic acids is 2. The number of ether oxygens (including phenoxy) is 2. The third-order valence-electron chi connectivity index (χ3n) is 5.59. The maximum Gasteiger partial charge on any atom is 0.262 e. The zero-order valence-corrected chi connectivity index (χ0v) is 19.8. The number of thiophene rings is 1. The second-order valence-electron chi connectivity index (χ2n) is 7.73. The van der Waals surface area contributed by atoms with Crippen LogP contribution in [-0.2, 0) is 4.79 Å². The predicted molar refractivity (Wildman–Crippen MR) is 128 cm³/mol. The lowest BCUT2D eigenvalue weighted by Crippen LogP contribution is -2.39. The van der Waals surface area contributed by atoms with Gasteiger partial charge in [-0.05, 0) is 41.8 Å². The van der Waals surface area contributed by atoms with Crippen molar-refractivity contribution < 1.29 is 23.5 Å². The van der Waals surface area contributed by atoms with Crippen LogP contribution in [0, 0.1) is 5.82 Å². The molecule has 1 aliphatic rings. The highest BCUT2D eigenvalue weighted by molar-refractivity contribution is 7.12.